The second-order valence-corrected chi connectivity index (χ2v) is 9.92. The number of carbonyl (C=O) groups is 2. The number of benzene rings is 2. The summed E-state index contributed by atoms with van der Waals surface area (Å²) in [7, 11) is 1.55. The molecule has 1 unspecified atom stereocenters. The Bertz CT molecular complexity index is 1180. The van der Waals surface area contributed by atoms with Crippen molar-refractivity contribution >= 4 is 85.7 Å². The number of amides is 1. The third-order valence-electron chi connectivity index (χ3n) is 4.48. The van der Waals surface area contributed by atoms with Gasteiger partial charge in [-0.3, -0.25) is 9.59 Å². The van der Waals surface area contributed by atoms with Crippen LogP contribution in [0.25, 0.3) is 10.2 Å². The number of aliphatic carboxylic acids is 1. The zero-order valence-electron chi connectivity index (χ0n) is 15.3. The molecule has 0 radical (unpaired) electrons. The Balaban J connectivity index is 1.76. The number of aromatic nitrogens is 1. The van der Waals surface area contributed by atoms with Gasteiger partial charge in [-0.25, -0.2) is 4.98 Å². The molecule has 11 heteroatoms. The SMILES string of the molecule is COc1ccc2c(c1)SC(CC(=O)O)C(=O)N2Cc1nc2c(Cl)c(Cl)cc(Cl)c2s1. The van der Waals surface area contributed by atoms with E-state index in [0.29, 0.717) is 41.7 Å². The molecule has 1 aliphatic heterocycles. The number of hydrogen-bond acceptors (Lipinski definition) is 6. The molecule has 2 aromatic carbocycles. The zero-order valence-corrected chi connectivity index (χ0v) is 19.2. The lowest BCUT2D eigenvalue weighted by molar-refractivity contribution is -0.138. The van der Waals surface area contributed by atoms with E-state index < -0.39 is 11.2 Å². The molecule has 4 rings (SSSR count). The number of fused-ring (bicyclic) bond motifs is 2. The predicted octanol–water partition coefficient (Wildman–Crippen LogP) is 5.75. The van der Waals surface area contributed by atoms with Gasteiger partial charge in [0.15, 0.2) is 0 Å². The van der Waals surface area contributed by atoms with Gasteiger partial charge in [0.05, 0.1) is 50.8 Å². The Kier molecular flexibility index (Phi) is 6.05. The minimum absolute atomic E-state index is 0.151. The molecule has 1 N–H and O–H groups in total. The average molecular weight is 504 g/mol. The van der Waals surface area contributed by atoms with Crippen LogP contribution in [0.2, 0.25) is 15.1 Å². The average Bonchev–Trinajstić information content (AvgIpc) is 3.13. The highest BCUT2D eigenvalue weighted by Gasteiger charge is 2.36. The molecule has 1 aromatic heterocycles. The first-order valence-electron chi connectivity index (χ1n) is 8.59. The third kappa shape index (κ3) is 3.94. The van der Waals surface area contributed by atoms with Gasteiger partial charge in [0.2, 0.25) is 5.91 Å². The van der Waals surface area contributed by atoms with Gasteiger partial charge >= 0.3 is 5.97 Å². The number of carboxylic acid groups (broad SMARTS) is 1. The summed E-state index contributed by atoms with van der Waals surface area (Å²) in [5.74, 6) is -0.715. The largest absolute Gasteiger partial charge is 0.497 e. The van der Waals surface area contributed by atoms with Gasteiger partial charge in [-0.1, -0.05) is 34.8 Å². The van der Waals surface area contributed by atoms with Crippen LogP contribution in [0.4, 0.5) is 5.69 Å². The van der Waals surface area contributed by atoms with Gasteiger partial charge < -0.3 is 14.7 Å². The molecule has 0 saturated carbocycles. The summed E-state index contributed by atoms with van der Waals surface area (Å²) in [4.78, 5) is 31.2. The maximum atomic E-state index is 13.1. The number of carbonyl (C=O) groups excluding carboxylic acids is 1. The molecule has 0 spiro atoms. The normalized spacial score (nSPS) is 16.1. The number of carboxylic acids is 1. The van der Waals surface area contributed by atoms with Gasteiger partial charge in [-0.2, -0.15) is 0 Å². The Hall–Kier alpha value is -1.71. The number of methoxy groups -OCH3 is 1. The lowest BCUT2D eigenvalue weighted by Crippen LogP contribution is -2.41. The highest BCUT2D eigenvalue weighted by molar-refractivity contribution is 8.01. The highest BCUT2D eigenvalue weighted by Crippen LogP contribution is 2.44. The third-order valence-corrected chi connectivity index (χ3v) is 7.98. The fourth-order valence-corrected chi connectivity index (χ4v) is 6.14. The van der Waals surface area contributed by atoms with Crippen molar-refractivity contribution < 1.29 is 19.4 Å². The molecular formula is C19H13Cl3N2O4S2. The topological polar surface area (TPSA) is 79.7 Å². The van der Waals surface area contributed by atoms with E-state index >= 15 is 0 Å². The summed E-state index contributed by atoms with van der Waals surface area (Å²) in [6.45, 7) is 0.151. The second kappa shape index (κ2) is 8.43. The van der Waals surface area contributed by atoms with E-state index in [4.69, 9.17) is 39.5 Å². The van der Waals surface area contributed by atoms with Crippen molar-refractivity contribution in [3.8, 4) is 5.75 Å². The first-order chi connectivity index (χ1) is 14.3. The molecule has 0 bridgehead atoms. The fraction of sp³-hybridized carbons (Fsp3) is 0.211. The first-order valence-corrected chi connectivity index (χ1v) is 11.4. The quantitative estimate of drug-likeness (QED) is 0.447. The molecule has 1 amide bonds. The molecule has 1 aliphatic rings. The lowest BCUT2D eigenvalue weighted by atomic mass is 10.2. The van der Waals surface area contributed by atoms with E-state index in [9.17, 15) is 14.7 Å². The number of nitrogens with zero attached hydrogens (tertiary/aromatic N) is 2. The Morgan fingerprint density at radius 3 is 2.73 bits per heavy atom. The van der Waals surface area contributed by atoms with Crippen molar-refractivity contribution in [1.29, 1.82) is 0 Å². The monoisotopic (exact) mass is 502 g/mol. The van der Waals surface area contributed by atoms with Gasteiger partial charge in [0.25, 0.3) is 0 Å². The summed E-state index contributed by atoms with van der Waals surface area (Å²) in [6, 6.07) is 6.88. The molecule has 30 heavy (non-hydrogen) atoms. The van der Waals surface area contributed by atoms with Crippen LogP contribution >= 0.6 is 57.9 Å². The van der Waals surface area contributed by atoms with Crippen LogP contribution in [-0.2, 0) is 16.1 Å². The van der Waals surface area contributed by atoms with Crippen molar-refractivity contribution in [2.24, 2.45) is 0 Å². The number of anilines is 1. The van der Waals surface area contributed by atoms with Crippen molar-refractivity contribution in [2.45, 2.75) is 23.1 Å². The molecular weight excluding hydrogens is 491 g/mol. The highest BCUT2D eigenvalue weighted by atomic mass is 35.5. The molecule has 2 heterocycles. The van der Waals surface area contributed by atoms with E-state index in [1.54, 1.807) is 36.3 Å². The van der Waals surface area contributed by atoms with Crippen LogP contribution in [-0.4, -0.2) is 34.3 Å². The van der Waals surface area contributed by atoms with Gasteiger partial charge in [0, 0.05) is 4.90 Å². The molecule has 0 aliphatic carbocycles. The fourth-order valence-electron chi connectivity index (χ4n) is 3.12. The van der Waals surface area contributed by atoms with Crippen LogP contribution in [0.1, 0.15) is 11.4 Å². The summed E-state index contributed by atoms with van der Waals surface area (Å²) >= 11 is 21.2. The maximum Gasteiger partial charge on any atom is 0.305 e. The Morgan fingerprint density at radius 1 is 1.27 bits per heavy atom. The number of halogens is 3. The van der Waals surface area contributed by atoms with E-state index in [1.807, 2.05) is 0 Å². The minimum Gasteiger partial charge on any atom is -0.497 e. The molecule has 6 nitrogen and oxygen atoms in total. The maximum absolute atomic E-state index is 13.1. The number of thiazole rings is 1. The summed E-state index contributed by atoms with van der Waals surface area (Å²) < 4.78 is 5.95. The Morgan fingerprint density at radius 2 is 2.03 bits per heavy atom. The van der Waals surface area contributed by atoms with Crippen molar-refractivity contribution in [3.05, 3.63) is 44.3 Å². The van der Waals surface area contributed by atoms with Crippen LogP contribution in [0.3, 0.4) is 0 Å². The molecule has 0 saturated heterocycles. The Labute approximate surface area is 194 Å². The van der Waals surface area contributed by atoms with Gasteiger partial charge in [-0.05, 0) is 24.3 Å². The van der Waals surface area contributed by atoms with E-state index in [1.165, 1.54) is 23.1 Å². The van der Waals surface area contributed by atoms with E-state index in [0.717, 1.165) is 4.90 Å². The minimum atomic E-state index is -1.04. The van der Waals surface area contributed by atoms with E-state index in [2.05, 4.69) is 4.98 Å². The van der Waals surface area contributed by atoms with Gasteiger partial charge in [-0.15, -0.1) is 23.1 Å². The van der Waals surface area contributed by atoms with Crippen LogP contribution < -0.4 is 9.64 Å². The van der Waals surface area contributed by atoms with Crippen LogP contribution in [0, 0.1) is 0 Å². The van der Waals surface area contributed by atoms with Crippen LogP contribution in [0.15, 0.2) is 29.2 Å². The van der Waals surface area contributed by atoms with Crippen molar-refractivity contribution in [1.82, 2.24) is 4.98 Å². The van der Waals surface area contributed by atoms with E-state index in [-0.39, 0.29) is 18.9 Å². The standard InChI is InChI=1S/C19H13Cl3N2O4S2/c1-28-8-2-3-11-12(4-8)29-13(6-15(25)26)19(27)24(11)7-14-23-17-16(22)9(20)5-10(21)18(17)30-14/h2-5,13H,6-7H2,1H3,(H,25,26). The molecule has 156 valence electrons. The van der Waals surface area contributed by atoms with Crippen LogP contribution in [0.5, 0.6) is 5.75 Å². The smallest absolute Gasteiger partial charge is 0.305 e. The molecule has 1 atom stereocenters. The lowest BCUT2D eigenvalue weighted by Gasteiger charge is -2.32. The zero-order chi connectivity index (χ0) is 21.6. The number of thioether (sulfide) groups is 1. The van der Waals surface area contributed by atoms with Crippen molar-refractivity contribution in [3.63, 3.8) is 0 Å². The van der Waals surface area contributed by atoms with Crippen molar-refractivity contribution in [2.75, 3.05) is 12.0 Å². The molecule has 3 aromatic rings. The number of rotatable bonds is 5. The predicted molar refractivity (Wildman–Crippen MR) is 121 cm³/mol. The summed E-state index contributed by atoms with van der Waals surface area (Å²) in [5.41, 5.74) is 1.15. The summed E-state index contributed by atoms with van der Waals surface area (Å²) in [6.07, 6.45) is -0.288. The number of ether oxygens (including phenoxy) is 1. The first kappa shape index (κ1) is 21.5. The molecule has 0 fully saturated rings. The van der Waals surface area contributed by atoms with Gasteiger partial charge in [0.1, 0.15) is 16.3 Å². The summed E-state index contributed by atoms with van der Waals surface area (Å²) in [5, 5.41) is 10.1. The second-order valence-electron chi connectivity index (χ2n) is 6.40. The number of hydrogen-bond donors (Lipinski definition) is 1.